The molecule has 10 heteroatoms. The second-order valence-electron chi connectivity index (χ2n) is 10.0. The fourth-order valence-corrected chi connectivity index (χ4v) is 9.47. The topological polar surface area (TPSA) is 80.9 Å². The number of rotatable bonds is 6. The molecule has 0 saturated heterocycles. The van der Waals surface area contributed by atoms with Gasteiger partial charge in [-0.15, -0.1) is 24.3 Å². The van der Waals surface area contributed by atoms with Crippen LogP contribution in [0.1, 0.15) is 13.8 Å². The van der Waals surface area contributed by atoms with Crippen LogP contribution in [-0.2, 0) is 34.4 Å². The van der Waals surface area contributed by atoms with Crippen LogP contribution in [-0.4, -0.2) is 33.0 Å². The summed E-state index contributed by atoms with van der Waals surface area (Å²) in [7, 11) is -1.87. The number of aliphatic hydroxyl groups excluding tert-OH is 2. The van der Waals surface area contributed by atoms with Gasteiger partial charge in [0.25, 0.3) is 0 Å². The zero-order valence-electron chi connectivity index (χ0n) is 27.5. The Kier molecular flexibility index (Phi) is 27.6. The van der Waals surface area contributed by atoms with Crippen LogP contribution in [0.25, 0.3) is 0 Å². The number of halogens is 2. The number of benzene rings is 6. The van der Waals surface area contributed by atoms with Crippen LogP contribution < -0.4 is 31.8 Å². The van der Waals surface area contributed by atoms with Crippen LogP contribution in [0.3, 0.4) is 0 Å². The number of hydrogen-bond acceptors (Lipinski definition) is 4. The molecule has 0 aliphatic rings. The second-order valence-corrected chi connectivity index (χ2v) is 14.9. The van der Waals surface area contributed by atoms with Crippen molar-refractivity contribution in [2.45, 2.75) is 26.4 Å². The Hall–Kier alpha value is -1.70. The normalized spacial score (nSPS) is 9.76. The van der Waals surface area contributed by atoms with Gasteiger partial charge in [-0.05, 0) is 73.0 Å². The van der Waals surface area contributed by atoms with Crippen molar-refractivity contribution in [1.29, 1.82) is 0 Å². The molecule has 0 aliphatic carbocycles. The minimum Gasteiger partial charge on any atom is -0.173 e. The van der Waals surface area contributed by atoms with Crippen molar-refractivity contribution in [3.05, 3.63) is 182 Å². The van der Waals surface area contributed by atoms with Gasteiger partial charge in [-0.25, -0.2) is 0 Å². The SMILES string of the molecule is CC(O)O.CC(O)O.[Br][Pd+].[Br][Pd+].[c-]1ccccc1[PH+](c1ccccc1)c1ccccc1.[c-]1ccccc1[PH+](c1ccccc1)c1ccccc1. The molecule has 6 rings (SSSR count). The van der Waals surface area contributed by atoms with E-state index in [0.29, 0.717) is 0 Å². The first kappa shape index (κ1) is 46.3. The Morgan fingerprint density at radius 2 is 0.600 bits per heavy atom. The monoisotopic (exact) mass is 1020 g/mol. The van der Waals surface area contributed by atoms with E-state index in [0.717, 1.165) is 0 Å². The minimum atomic E-state index is -1.17. The summed E-state index contributed by atoms with van der Waals surface area (Å²) in [6, 6.07) is 66.5. The summed E-state index contributed by atoms with van der Waals surface area (Å²) in [5.74, 6) is 0. The van der Waals surface area contributed by atoms with Gasteiger partial charge in [-0.1, -0.05) is 72.8 Å². The molecule has 0 amide bonds. The predicted octanol–water partition coefficient (Wildman–Crippen LogP) is 6.27. The van der Waals surface area contributed by atoms with E-state index in [9.17, 15) is 0 Å². The quantitative estimate of drug-likeness (QED) is 0.0687. The summed E-state index contributed by atoms with van der Waals surface area (Å²) in [5, 5.41) is 38.7. The van der Waals surface area contributed by atoms with Crippen LogP contribution >= 0.6 is 42.7 Å². The van der Waals surface area contributed by atoms with Crippen molar-refractivity contribution in [1.82, 2.24) is 0 Å². The van der Waals surface area contributed by atoms with Gasteiger partial charge in [-0.2, -0.15) is 36.4 Å². The Morgan fingerprint density at radius 3 is 0.780 bits per heavy atom. The smallest absolute Gasteiger partial charge is 0.0996 e. The van der Waals surface area contributed by atoms with Gasteiger partial charge >= 0.3 is 61.2 Å². The molecule has 0 bridgehead atoms. The molecule has 0 heterocycles. The van der Waals surface area contributed by atoms with E-state index < -0.39 is 28.4 Å². The van der Waals surface area contributed by atoms with Crippen LogP contribution in [0.2, 0.25) is 0 Å². The van der Waals surface area contributed by atoms with Crippen molar-refractivity contribution in [2.75, 3.05) is 0 Å². The fraction of sp³-hybridized carbons (Fsp3) is 0.100. The number of aliphatic hydroxyl groups is 4. The summed E-state index contributed by atoms with van der Waals surface area (Å²) in [4.78, 5) is 0. The summed E-state index contributed by atoms with van der Waals surface area (Å²) in [5.41, 5.74) is 0. The van der Waals surface area contributed by atoms with E-state index in [2.05, 4.69) is 219 Å². The van der Waals surface area contributed by atoms with E-state index in [-0.39, 0.29) is 0 Å². The predicted molar refractivity (Wildman–Crippen MR) is 216 cm³/mol. The van der Waals surface area contributed by atoms with Crippen LogP contribution in [0.15, 0.2) is 170 Å². The van der Waals surface area contributed by atoms with E-state index in [1.807, 2.05) is 24.3 Å². The summed E-state index contributed by atoms with van der Waals surface area (Å²) in [6.07, 6.45) is -2.33. The molecule has 4 nitrogen and oxygen atoms in total. The summed E-state index contributed by atoms with van der Waals surface area (Å²) < 4.78 is 0. The Labute approximate surface area is 334 Å². The molecule has 0 aromatic heterocycles. The average molecular weight is 1020 g/mol. The van der Waals surface area contributed by atoms with E-state index in [1.165, 1.54) is 45.7 Å². The zero-order chi connectivity index (χ0) is 37.0. The molecule has 0 fully saturated rings. The molecule has 6 aromatic rings. The maximum atomic E-state index is 7.61. The maximum absolute atomic E-state index is 7.61. The third-order valence-electron chi connectivity index (χ3n) is 6.21. The van der Waals surface area contributed by atoms with E-state index in [4.69, 9.17) is 20.4 Å². The summed E-state index contributed by atoms with van der Waals surface area (Å²) in [6.45, 7) is 2.56. The van der Waals surface area contributed by atoms with Crippen molar-refractivity contribution >= 4 is 74.5 Å². The second kappa shape index (κ2) is 29.8. The molecule has 268 valence electrons. The Bertz CT molecular complexity index is 1290. The molecule has 0 radical (unpaired) electrons. The van der Waals surface area contributed by atoms with Crippen LogP contribution in [0.4, 0.5) is 0 Å². The molecule has 0 aliphatic heterocycles. The molecule has 50 heavy (non-hydrogen) atoms. The van der Waals surface area contributed by atoms with Gasteiger partial charge in [0.1, 0.15) is 12.6 Å². The standard InChI is InChI=1S/2C18H14P.2C2H6O2.2BrH.2Pd/c2*1-4-10-16(11-5-1)19(17-12-6-2-7-13-17)18-14-8-3-9-15-18;2*1-2(3)4;;;;/h2*1-14H;2*2-4H,1H3;2*1H;;/q2*-1;;;;;2*+2. The van der Waals surface area contributed by atoms with Crippen molar-refractivity contribution < 1.29 is 54.8 Å². The van der Waals surface area contributed by atoms with E-state index in [1.54, 1.807) is 0 Å². The third kappa shape index (κ3) is 19.2. The first-order valence-electron chi connectivity index (χ1n) is 15.2. The van der Waals surface area contributed by atoms with Gasteiger partial charge in [-0.3, -0.25) is 0 Å². The molecule has 0 unspecified atom stereocenters. The largest absolute Gasteiger partial charge is 0.173 e. The summed E-state index contributed by atoms with van der Waals surface area (Å²) >= 11 is 10.7. The molecular weight excluding hydrogens is 979 g/mol. The van der Waals surface area contributed by atoms with Crippen molar-refractivity contribution in [2.24, 2.45) is 0 Å². The number of hydrogen-bond donors (Lipinski definition) is 4. The molecule has 0 saturated carbocycles. The van der Waals surface area contributed by atoms with Gasteiger partial charge in [0.15, 0.2) is 0 Å². The Morgan fingerprint density at radius 1 is 0.400 bits per heavy atom. The van der Waals surface area contributed by atoms with E-state index >= 15 is 0 Å². The first-order chi connectivity index (χ1) is 24.4. The third-order valence-corrected chi connectivity index (χ3v) is 11.5. The molecular formula is C40H42Br2O4P2Pd2+2. The average Bonchev–Trinajstić information content (AvgIpc) is 3.16. The van der Waals surface area contributed by atoms with Crippen LogP contribution in [0, 0.1) is 12.1 Å². The minimum absolute atomic E-state index is 0.933. The molecule has 4 N–H and O–H groups in total. The van der Waals surface area contributed by atoms with Gasteiger partial charge in [0.2, 0.25) is 0 Å². The Balaban J connectivity index is 0.000000382. The van der Waals surface area contributed by atoms with Gasteiger partial charge < -0.3 is 20.4 Å². The molecule has 0 atom stereocenters. The van der Waals surface area contributed by atoms with Crippen molar-refractivity contribution in [3.63, 3.8) is 0 Å². The first-order valence-corrected chi connectivity index (χ1v) is 25.3. The van der Waals surface area contributed by atoms with Crippen molar-refractivity contribution in [3.8, 4) is 0 Å². The zero-order valence-corrected chi connectivity index (χ0v) is 35.8. The van der Waals surface area contributed by atoms with Gasteiger partial charge in [0, 0.05) is 0 Å². The van der Waals surface area contributed by atoms with Gasteiger partial charge in [0.05, 0.1) is 37.1 Å². The maximum Gasteiger partial charge on any atom is 0.0996 e. The molecule has 0 spiro atoms. The molecule has 6 aromatic carbocycles. The van der Waals surface area contributed by atoms with Crippen LogP contribution in [0.5, 0.6) is 0 Å². The fourth-order valence-electron chi connectivity index (χ4n) is 4.47.